The number of guanidine groups is 1. The summed E-state index contributed by atoms with van der Waals surface area (Å²) in [5.41, 5.74) is 2.38. The number of nitrogens with one attached hydrogen (secondary N) is 2. The topological polar surface area (TPSA) is 58.1 Å². The molecule has 0 aromatic heterocycles. The molecule has 1 heterocycles. The maximum atomic E-state index is 5.54. The summed E-state index contributed by atoms with van der Waals surface area (Å²) < 4.78 is 10.7. The van der Waals surface area contributed by atoms with E-state index < -0.39 is 0 Å². The van der Waals surface area contributed by atoms with Crippen LogP contribution < -0.4 is 15.4 Å². The Hall–Kier alpha value is -1.79. The summed E-state index contributed by atoms with van der Waals surface area (Å²) in [4.78, 5) is 7.36. The van der Waals surface area contributed by atoms with Gasteiger partial charge in [0.2, 0.25) is 0 Å². The van der Waals surface area contributed by atoms with E-state index >= 15 is 0 Å². The molecule has 2 N–H and O–H groups in total. The minimum absolute atomic E-state index is 0.114. The molecule has 1 fully saturated rings. The molecule has 0 radical (unpaired) electrons. The lowest BCUT2D eigenvalue weighted by Gasteiger charge is -2.31. The fourth-order valence-corrected chi connectivity index (χ4v) is 3.63. The predicted octanol–water partition coefficient (Wildman–Crippen LogP) is 2.98. The van der Waals surface area contributed by atoms with Gasteiger partial charge in [0.25, 0.3) is 0 Å². The second kappa shape index (κ2) is 11.9. The summed E-state index contributed by atoms with van der Waals surface area (Å²) in [6.45, 7) is 12.2. The van der Waals surface area contributed by atoms with E-state index in [0.29, 0.717) is 5.92 Å². The van der Waals surface area contributed by atoms with Gasteiger partial charge in [-0.3, -0.25) is 4.99 Å². The average molecular weight is 391 g/mol. The first kappa shape index (κ1) is 22.5. The number of aryl methyl sites for hydroxylation is 1. The number of aliphatic imine (C=N–C) groups is 1. The van der Waals surface area contributed by atoms with E-state index in [2.05, 4.69) is 48.4 Å². The van der Waals surface area contributed by atoms with E-state index in [4.69, 9.17) is 14.5 Å². The van der Waals surface area contributed by atoms with Crippen LogP contribution in [0.2, 0.25) is 0 Å². The summed E-state index contributed by atoms with van der Waals surface area (Å²) in [6.07, 6.45) is 2.40. The van der Waals surface area contributed by atoms with Gasteiger partial charge in [0.15, 0.2) is 5.96 Å². The molecular formula is C22H38N4O2. The lowest BCUT2D eigenvalue weighted by atomic mass is 9.97. The zero-order valence-electron chi connectivity index (χ0n) is 18.3. The van der Waals surface area contributed by atoms with Gasteiger partial charge in [-0.2, -0.15) is 0 Å². The molecule has 1 aromatic rings. The Morgan fingerprint density at radius 1 is 1.29 bits per heavy atom. The third-order valence-corrected chi connectivity index (χ3v) is 5.38. The Bertz CT molecular complexity index is 613. The van der Waals surface area contributed by atoms with Crippen LogP contribution in [0.25, 0.3) is 0 Å². The zero-order chi connectivity index (χ0) is 20.4. The Balaban J connectivity index is 1.93. The van der Waals surface area contributed by atoms with Gasteiger partial charge in [-0.25, -0.2) is 0 Å². The number of piperidine rings is 1. The van der Waals surface area contributed by atoms with E-state index in [1.807, 2.05) is 6.07 Å². The molecule has 1 atom stereocenters. The minimum atomic E-state index is 0.114. The van der Waals surface area contributed by atoms with Crippen molar-refractivity contribution in [1.29, 1.82) is 0 Å². The lowest BCUT2D eigenvalue weighted by Crippen LogP contribution is -2.40. The number of rotatable bonds is 9. The van der Waals surface area contributed by atoms with Crippen molar-refractivity contribution in [2.45, 2.75) is 39.7 Å². The molecule has 2 rings (SSSR count). The van der Waals surface area contributed by atoms with Gasteiger partial charge in [0, 0.05) is 32.3 Å². The number of benzene rings is 1. The highest BCUT2D eigenvalue weighted by molar-refractivity contribution is 5.80. The van der Waals surface area contributed by atoms with Crippen LogP contribution in [0.3, 0.4) is 0 Å². The van der Waals surface area contributed by atoms with Gasteiger partial charge in [0.05, 0.1) is 19.8 Å². The van der Waals surface area contributed by atoms with Crippen LogP contribution in [-0.2, 0) is 4.74 Å². The molecule has 1 unspecified atom stereocenters. The third-order valence-electron chi connectivity index (χ3n) is 5.38. The Labute approximate surface area is 170 Å². The van der Waals surface area contributed by atoms with Gasteiger partial charge in [-0.1, -0.05) is 17.7 Å². The third kappa shape index (κ3) is 6.99. The van der Waals surface area contributed by atoms with E-state index in [1.54, 1.807) is 14.2 Å². The first-order chi connectivity index (χ1) is 13.6. The van der Waals surface area contributed by atoms with Crippen LogP contribution in [0.15, 0.2) is 23.2 Å². The maximum Gasteiger partial charge on any atom is 0.191 e. The fraction of sp³-hybridized carbons (Fsp3) is 0.682. The van der Waals surface area contributed by atoms with Crippen molar-refractivity contribution in [1.82, 2.24) is 15.5 Å². The quantitative estimate of drug-likeness (QED) is 0.501. The molecule has 6 heteroatoms. The van der Waals surface area contributed by atoms with Crippen LogP contribution in [0, 0.1) is 12.8 Å². The van der Waals surface area contributed by atoms with Gasteiger partial charge < -0.3 is 25.0 Å². The molecule has 0 amide bonds. The second-order valence-corrected chi connectivity index (χ2v) is 7.61. The van der Waals surface area contributed by atoms with E-state index in [9.17, 15) is 0 Å². The highest BCUT2D eigenvalue weighted by atomic mass is 16.5. The number of methoxy groups -OCH3 is 2. The molecule has 28 heavy (non-hydrogen) atoms. The van der Waals surface area contributed by atoms with Crippen LogP contribution in [0.5, 0.6) is 5.75 Å². The lowest BCUT2D eigenvalue weighted by molar-refractivity contribution is 0.121. The monoisotopic (exact) mass is 390 g/mol. The van der Waals surface area contributed by atoms with E-state index in [1.165, 1.54) is 18.4 Å². The standard InChI is InChI=1S/C22H38N4O2/c1-6-23-22(24-16-19-9-11-26(12-10-19)13-14-27-4)25-18(3)20-15-17(2)7-8-21(20)28-5/h7-8,15,18-19H,6,9-14,16H2,1-5H3,(H2,23,24,25). The van der Waals surface area contributed by atoms with Crippen LogP contribution in [-0.4, -0.2) is 64.4 Å². The summed E-state index contributed by atoms with van der Waals surface area (Å²) in [7, 11) is 3.49. The van der Waals surface area contributed by atoms with Crippen molar-refractivity contribution < 1.29 is 9.47 Å². The van der Waals surface area contributed by atoms with Crippen molar-refractivity contribution in [2.24, 2.45) is 10.9 Å². The van der Waals surface area contributed by atoms with Crippen molar-refractivity contribution in [3.63, 3.8) is 0 Å². The maximum absolute atomic E-state index is 5.54. The molecular weight excluding hydrogens is 352 g/mol. The molecule has 6 nitrogen and oxygen atoms in total. The molecule has 1 saturated heterocycles. The summed E-state index contributed by atoms with van der Waals surface area (Å²) in [5, 5.41) is 6.93. The summed E-state index contributed by atoms with van der Waals surface area (Å²) in [5.74, 6) is 2.43. The molecule has 1 aliphatic heterocycles. The zero-order valence-corrected chi connectivity index (χ0v) is 18.3. The number of ether oxygens (including phenoxy) is 2. The van der Waals surface area contributed by atoms with E-state index in [-0.39, 0.29) is 6.04 Å². The molecule has 0 spiro atoms. The first-order valence-electron chi connectivity index (χ1n) is 10.5. The molecule has 1 aromatic carbocycles. The highest BCUT2D eigenvalue weighted by Gasteiger charge is 2.19. The van der Waals surface area contributed by atoms with Crippen molar-refractivity contribution >= 4 is 5.96 Å². The molecule has 0 bridgehead atoms. The first-order valence-corrected chi connectivity index (χ1v) is 10.5. The SMILES string of the molecule is CCNC(=NCC1CCN(CCOC)CC1)NC(C)c1cc(C)ccc1OC. The van der Waals surface area contributed by atoms with Crippen LogP contribution in [0.1, 0.15) is 43.9 Å². The molecule has 0 aliphatic carbocycles. The van der Waals surface area contributed by atoms with Crippen molar-refractivity contribution in [2.75, 3.05) is 53.6 Å². The van der Waals surface area contributed by atoms with Crippen LogP contribution >= 0.6 is 0 Å². The summed E-state index contributed by atoms with van der Waals surface area (Å²) >= 11 is 0. The predicted molar refractivity (Wildman–Crippen MR) is 116 cm³/mol. The Morgan fingerprint density at radius 2 is 2.04 bits per heavy atom. The van der Waals surface area contributed by atoms with Gasteiger partial charge >= 0.3 is 0 Å². The van der Waals surface area contributed by atoms with E-state index in [0.717, 1.165) is 56.6 Å². The van der Waals surface area contributed by atoms with Gasteiger partial charge in [0.1, 0.15) is 5.75 Å². The van der Waals surface area contributed by atoms with Crippen LogP contribution in [0.4, 0.5) is 0 Å². The smallest absolute Gasteiger partial charge is 0.191 e. The second-order valence-electron chi connectivity index (χ2n) is 7.61. The number of likely N-dealkylation sites (tertiary alicyclic amines) is 1. The van der Waals surface area contributed by atoms with Gasteiger partial charge in [-0.15, -0.1) is 0 Å². The molecule has 0 saturated carbocycles. The largest absolute Gasteiger partial charge is 0.496 e. The van der Waals surface area contributed by atoms with Gasteiger partial charge in [-0.05, 0) is 58.7 Å². The van der Waals surface area contributed by atoms with Crippen molar-refractivity contribution in [3.05, 3.63) is 29.3 Å². The normalized spacial score (nSPS) is 17.4. The number of hydrogen-bond acceptors (Lipinski definition) is 4. The Morgan fingerprint density at radius 3 is 2.68 bits per heavy atom. The molecule has 1 aliphatic rings. The highest BCUT2D eigenvalue weighted by Crippen LogP contribution is 2.26. The number of nitrogens with zero attached hydrogens (tertiary/aromatic N) is 2. The van der Waals surface area contributed by atoms with Crippen molar-refractivity contribution in [3.8, 4) is 5.75 Å². The number of hydrogen-bond donors (Lipinski definition) is 2. The Kier molecular flexibility index (Phi) is 9.58. The molecule has 158 valence electrons. The average Bonchev–Trinajstić information content (AvgIpc) is 2.71. The fourth-order valence-electron chi connectivity index (χ4n) is 3.63. The minimum Gasteiger partial charge on any atom is -0.496 e. The summed E-state index contributed by atoms with van der Waals surface area (Å²) in [6, 6.07) is 6.40.